The molecule has 13 heteroatoms. The van der Waals surface area contributed by atoms with Crippen molar-refractivity contribution < 1.29 is 23.9 Å². The number of methoxy groups -OCH3 is 2. The van der Waals surface area contributed by atoms with Gasteiger partial charge < -0.3 is 30.0 Å². The van der Waals surface area contributed by atoms with Crippen LogP contribution >= 0.6 is 23.1 Å². The van der Waals surface area contributed by atoms with Crippen molar-refractivity contribution >= 4 is 45.8 Å². The van der Waals surface area contributed by atoms with E-state index in [2.05, 4.69) is 32.7 Å². The molecule has 0 aliphatic heterocycles. The highest BCUT2D eigenvalue weighted by Crippen LogP contribution is 2.38. The maximum atomic E-state index is 13.4. The molecule has 4 aromatic rings. The molecule has 0 spiro atoms. The van der Waals surface area contributed by atoms with Crippen molar-refractivity contribution in [2.24, 2.45) is 0 Å². The Kier molecular flexibility index (Phi) is 11.1. The van der Waals surface area contributed by atoms with Crippen LogP contribution in [0.25, 0.3) is 0 Å². The number of nitrogens with zero attached hydrogens (tertiary/aromatic N) is 3. The second-order valence-corrected chi connectivity index (χ2v) is 12.5. The molecule has 0 fully saturated rings. The molecule has 0 bridgehead atoms. The van der Waals surface area contributed by atoms with Crippen LogP contribution < -0.4 is 25.4 Å². The fourth-order valence-corrected chi connectivity index (χ4v) is 7.23. The van der Waals surface area contributed by atoms with Crippen molar-refractivity contribution in [3.05, 3.63) is 94.1 Å². The van der Waals surface area contributed by atoms with Crippen molar-refractivity contribution in [1.29, 1.82) is 0 Å². The molecular formula is C33H36N6O5S2. The van der Waals surface area contributed by atoms with Crippen molar-refractivity contribution in [2.45, 2.75) is 50.5 Å². The molecule has 2 aromatic carbocycles. The minimum atomic E-state index is -0.315. The maximum absolute atomic E-state index is 13.4. The van der Waals surface area contributed by atoms with Gasteiger partial charge in [-0.05, 0) is 55.0 Å². The number of allylic oxidation sites excluding steroid dienone is 1. The summed E-state index contributed by atoms with van der Waals surface area (Å²) in [6.07, 6.45) is 5.50. The number of nitrogens with one attached hydrogen (secondary N) is 3. The average molecular weight is 661 g/mol. The molecular weight excluding hydrogens is 625 g/mol. The van der Waals surface area contributed by atoms with Crippen LogP contribution in [0.1, 0.15) is 55.4 Å². The second-order valence-electron chi connectivity index (χ2n) is 10.5. The molecule has 0 atom stereocenters. The first-order valence-corrected chi connectivity index (χ1v) is 16.6. The average Bonchev–Trinajstić information content (AvgIpc) is 3.65. The number of thiophene rings is 1. The highest BCUT2D eigenvalue weighted by atomic mass is 32.2. The molecule has 0 radical (unpaired) electrons. The highest BCUT2D eigenvalue weighted by Gasteiger charge is 2.26. The van der Waals surface area contributed by atoms with Gasteiger partial charge in [-0.3, -0.25) is 14.4 Å². The Morgan fingerprint density at radius 2 is 1.74 bits per heavy atom. The van der Waals surface area contributed by atoms with Crippen molar-refractivity contribution in [2.75, 3.05) is 25.3 Å². The molecule has 240 valence electrons. The van der Waals surface area contributed by atoms with Crippen LogP contribution in [0.15, 0.2) is 66.3 Å². The van der Waals surface area contributed by atoms with E-state index in [1.54, 1.807) is 28.8 Å². The molecule has 2 heterocycles. The molecule has 0 saturated carbocycles. The Hall–Kier alpha value is -4.62. The topological polar surface area (TPSA) is 136 Å². The van der Waals surface area contributed by atoms with Crippen molar-refractivity contribution in [3.63, 3.8) is 0 Å². The summed E-state index contributed by atoms with van der Waals surface area (Å²) >= 11 is 2.71. The number of anilines is 1. The van der Waals surface area contributed by atoms with E-state index in [1.807, 2.05) is 30.3 Å². The SMILES string of the molecule is C=CCn1c(CNC(=O)c2ccc(OC)c(OC)c2)nnc1SCC(=O)Nc1sc2c(c1C(=O)NCc1ccccc1)CCCC2. The monoisotopic (exact) mass is 660 g/mol. The fourth-order valence-electron chi connectivity index (χ4n) is 5.16. The number of fused-ring (bicyclic) bond motifs is 1. The van der Waals surface area contributed by atoms with E-state index in [1.165, 1.54) is 37.3 Å². The third-order valence-electron chi connectivity index (χ3n) is 7.44. The normalized spacial score (nSPS) is 12.1. The third kappa shape index (κ3) is 7.77. The van der Waals surface area contributed by atoms with E-state index >= 15 is 0 Å². The van der Waals surface area contributed by atoms with Crippen LogP contribution in [0, 0.1) is 0 Å². The number of thioether (sulfide) groups is 1. The van der Waals surface area contributed by atoms with Gasteiger partial charge in [-0.2, -0.15) is 0 Å². The minimum absolute atomic E-state index is 0.0565. The van der Waals surface area contributed by atoms with E-state index in [0.717, 1.165) is 41.7 Å². The molecule has 3 amide bonds. The zero-order valence-corrected chi connectivity index (χ0v) is 27.4. The number of aryl methyl sites for hydroxylation is 1. The number of hydrogen-bond donors (Lipinski definition) is 3. The van der Waals surface area contributed by atoms with Crippen LogP contribution in [0.5, 0.6) is 11.5 Å². The molecule has 3 N–H and O–H groups in total. The van der Waals surface area contributed by atoms with Gasteiger partial charge in [-0.25, -0.2) is 0 Å². The maximum Gasteiger partial charge on any atom is 0.254 e. The lowest BCUT2D eigenvalue weighted by Gasteiger charge is -2.13. The summed E-state index contributed by atoms with van der Waals surface area (Å²) in [6, 6.07) is 14.7. The van der Waals surface area contributed by atoms with Crippen LogP contribution in [0.4, 0.5) is 5.00 Å². The lowest BCUT2D eigenvalue weighted by Crippen LogP contribution is -2.26. The molecule has 1 aliphatic rings. The summed E-state index contributed by atoms with van der Waals surface area (Å²) in [5.74, 6) is 0.793. The van der Waals surface area contributed by atoms with Gasteiger partial charge in [-0.1, -0.05) is 48.2 Å². The summed E-state index contributed by atoms with van der Waals surface area (Å²) in [5.41, 5.74) is 3.01. The predicted octanol–water partition coefficient (Wildman–Crippen LogP) is 5.01. The molecule has 0 unspecified atom stereocenters. The number of rotatable bonds is 14. The van der Waals surface area contributed by atoms with Crippen LogP contribution in [-0.2, 0) is 37.3 Å². The number of carbonyl (C=O) groups is 3. The number of hydrogen-bond acceptors (Lipinski definition) is 9. The standard InChI is InChI=1S/C33H36N6O5S2/c1-4-16-39-27(19-35-30(41)22-14-15-24(43-2)25(17-22)44-3)37-38-33(39)45-20-28(40)36-32-29(23-12-8-9-13-26(23)46-32)31(42)34-18-21-10-6-5-7-11-21/h4-7,10-11,14-15,17H,1,8-9,12-13,16,18-20H2,2-3H3,(H,34,42)(H,35,41)(H,36,40). The lowest BCUT2D eigenvalue weighted by atomic mass is 9.95. The van der Waals surface area contributed by atoms with E-state index in [-0.39, 0.29) is 30.0 Å². The highest BCUT2D eigenvalue weighted by molar-refractivity contribution is 7.99. The quantitative estimate of drug-likeness (QED) is 0.127. The minimum Gasteiger partial charge on any atom is -0.493 e. The molecule has 46 heavy (non-hydrogen) atoms. The van der Waals surface area contributed by atoms with Gasteiger partial charge in [0.1, 0.15) is 5.00 Å². The Balaban J connectivity index is 1.23. The van der Waals surface area contributed by atoms with Gasteiger partial charge in [0.15, 0.2) is 22.5 Å². The molecule has 11 nitrogen and oxygen atoms in total. The number of amides is 3. The molecule has 0 saturated heterocycles. The smallest absolute Gasteiger partial charge is 0.254 e. The number of ether oxygens (including phenoxy) is 2. The summed E-state index contributed by atoms with van der Waals surface area (Å²) < 4.78 is 12.3. The number of benzene rings is 2. The van der Waals surface area contributed by atoms with E-state index < -0.39 is 0 Å². The Morgan fingerprint density at radius 1 is 0.978 bits per heavy atom. The van der Waals surface area contributed by atoms with Gasteiger partial charge in [0.2, 0.25) is 5.91 Å². The number of aromatic nitrogens is 3. The molecule has 2 aromatic heterocycles. The summed E-state index contributed by atoms with van der Waals surface area (Å²) in [5, 5.41) is 18.5. The lowest BCUT2D eigenvalue weighted by molar-refractivity contribution is -0.113. The Labute approximate surface area is 275 Å². The summed E-state index contributed by atoms with van der Waals surface area (Å²) in [4.78, 5) is 40.6. The van der Waals surface area contributed by atoms with Gasteiger partial charge in [0, 0.05) is 23.5 Å². The second kappa shape index (κ2) is 15.6. The van der Waals surface area contributed by atoms with Crippen LogP contribution in [0.2, 0.25) is 0 Å². The van der Waals surface area contributed by atoms with Gasteiger partial charge >= 0.3 is 0 Å². The van der Waals surface area contributed by atoms with E-state index in [4.69, 9.17) is 9.47 Å². The first-order valence-electron chi connectivity index (χ1n) is 14.8. The first kappa shape index (κ1) is 32.8. The largest absolute Gasteiger partial charge is 0.493 e. The molecule has 5 rings (SSSR count). The van der Waals surface area contributed by atoms with Gasteiger partial charge in [0.05, 0.1) is 32.1 Å². The van der Waals surface area contributed by atoms with Gasteiger partial charge in [0.25, 0.3) is 11.8 Å². The van der Waals surface area contributed by atoms with Crippen LogP contribution in [-0.4, -0.2) is 52.5 Å². The predicted molar refractivity (Wildman–Crippen MR) is 179 cm³/mol. The van der Waals surface area contributed by atoms with Crippen molar-refractivity contribution in [1.82, 2.24) is 25.4 Å². The summed E-state index contributed by atoms with van der Waals surface area (Å²) in [6.45, 7) is 4.74. The Bertz CT molecular complexity index is 1720. The zero-order valence-electron chi connectivity index (χ0n) is 25.8. The van der Waals surface area contributed by atoms with Gasteiger partial charge in [-0.15, -0.1) is 28.1 Å². The van der Waals surface area contributed by atoms with Crippen molar-refractivity contribution in [3.8, 4) is 11.5 Å². The zero-order chi connectivity index (χ0) is 32.5. The fraction of sp³-hybridized carbons (Fsp3) is 0.303. The first-order chi connectivity index (χ1) is 22.4. The summed E-state index contributed by atoms with van der Waals surface area (Å²) in [7, 11) is 3.04. The third-order valence-corrected chi connectivity index (χ3v) is 9.61. The van der Waals surface area contributed by atoms with E-state index in [9.17, 15) is 14.4 Å². The Morgan fingerprint density at radius 3 is 2.50 bits per heavy atom. The van der Waals surface area contributed by atoms with E-state index in [0.29, 0.717) is 51.7 Å². The van der Waals surface area contributed by atoms with Crippen LogP contribution in [0.3, 0.4) is 0 Å². The number of carbonyl (C=O) groups excluding carboxylic acids is 3. The molecule has 1 aliphatic carbocycles.